The quantitative estimate of drug-likeness (QED) is 0.758. The molecule has 0 bridgehead atoms. The molecule has 0 atom stereocenters. The van der Waals surface area contributed by atoms with E-state index in [1.807, 2.05) is 0 Å². The van der Waals surface area contributed by atoms with Crippen molar-refractivity contribution < 1.29 is 18.7 Å². The van der Waals surface area contributed by atoms with E-state index in [1.165, 1.54) is 12.1 Å². The first-order valence-corrected chi connectivity index (χ1v) is 7.30. The molecule has 5 nitrogen and oxygen atoms in total. The van der Waals surface area contributed by atoms with E-state index in [0.29, 0.717) is 17.6 Å². The Labute approximate surface area is 131 Å². The number of carbonyl (C=O) groups excluding carboxylic acids is 2. The Kier molecular flexibility index (Phi) is 7.31. The molecule has 116 valence electrons. The second-order valence-electron chi connectivity index (χ2n) is 4.47. The molecule has 0 aliphatic rings. The van der Waals surface area contributed by atoms with E-state index >= 15 is 0 Å². The van der Waals surface area contributed by atoms with Crippen LogP contribution in [0.5, 0.6) is 0 Å². The number of hydrogen-bond acceptors (Lipinski definition) is 4. The smallest absolute Gasteiger partial charge is 0.307 e. The molecule has 0 spiro atoms. The standard InChI is InChI=1S/C14H18BrFN2O3/c1-3-21-14(20)6-7-18(2)9-13(19)17-12-5-4-10(15)8-11(12)16/h4-5,8H,3,6-7,9H2,1-2H3,(H,17,19). The number of likely N-dealkylation sites (N-methyl/N-ethyl adjacent to an activating group) is 1. The number of rotatable bonds is 7. The van der Waals surface area contributed by atoms with Gasteiger partial charge in [0.05, 0.1) is 25.3 Å². The summed E-state index contributed by atoms with van der Waals surface area (Å²) in [5.41, 5.74) is 0.127. The van der Waals surface area contributed by atoms with Gasteiger partial charge >= 0.3 is 5.97 Å². The minimum Gasteiger partial charge on any atom is -0.466 e. The Balaban J connectivity index is 2.40. The third kappa shape index (κ3) is 6.68. The fraction of sp³-hybridized carbons (Fsp3) is 0.429. The monoisotopic (exact) mass is 360 g/mol. The Hall–Kier alpha value is -1.47. The predicted octanol–water partition coefficient (Wildman–Crippen LogP) is 2.41. The van der Waals surface area contributed by atoms with Crippen LogP contribution in [0.3, 0.4) is 0 Å². The largest absolute Gasteiger partial charge is 0.466 e. The van der Waals surface area contributed by atoms with Gasteiger partial charge in [-0.05, 0) is 32.2 Å². The van der Waals surface area contributed by atoms with E-state index in [0.717, 1.165) is 0 Å². The Morgan fingerprint density at radius 2 is 2.14 bits per heavy atom. The zero-order valence-corrected chi connectivity index (χ0v) is 13.6. The summed E-state index contributed by atoms with van der Waals surface area (Å²) in [7, 11) is 1.71. The van der Waals surface area contributed by atoms with Crippen molar-refractivity contribution in [3.05, 3.63) is 28.5 Å². The molecule has 1 N–H and O–H groups in total. The number of nitrogens with zero attached hydrogens (tertiary/aromatic N) is 1. The van der Waals surface area contributed by atoms with E-state index in [4.69, 9.17) is 4.74 Å². The molecular formula is C14H18BrFN2O3. The molecule has 1 amide bonds. The Morgan fingerprint density at radius 1 is 1.43 bits per heavy atom. The average Bonchev–Trinajstić information content (AvgIpc) is 2.40. The minimum atomic E-state index is -0.507. The van der Waals surface area contributed by atoms with Crippen molar-refractivity contribution in [2.75, 3.05) is 32.1 Å². The summed E-state index contributed by atoms with van der Waals surface area (Å²) in [4.78, 5) is 24.7. The summed E-state index contributed by atoms with van der Waals surface area (Å²) in [6, 6.07) is 4.40. The summed E-state index contributed by atoms with van der Waals surface area (Å²) in [5.74, 6) is -1.15. The van der Waals surface area contributed by atoms with Crippen LogP contribution >= 0.6 is 15.9 Å². The van der Waals surface area contributed by atoms with Crippen molar-refractivity contribution in [1.82, 2.24) is 4.90 Å². The molecule has 0 fully saturated rings. The summed E-state index contributed by atoms with van der Waals surface area (Å²) >= 11 is 3.14. The molecule has 1 aromatic rings. The summed E-state index contributed by atoms with van der Waals surface area (Å²) < 4.78 is 19.0. The fourth-order valence-electron chi connectivity index (χ4n) is 1.62. The van der Waals surface area contributed by atoms with Gasteiger partial charge in [-0.15, -0.1) is 0 Å². The fourth-order valence-corrected chi connectivity index (χ4v) is 1.95. The van der Waals surface area contributed by atoms with Gasteiger partial charge in [-0.25, -0.2) is 4.39 Å². The number of esters is 1. The van der Waals surface area contributed by atoms with Crippen LogP contribution in [0.1, 0.15) is 13.3 Å². The van der Waals surface area contributed by atoms with Crippen LogP contribution in [0.4, 0.5) is 10.1 Å². The number of anilines is 1. The molecule has 1 rings (SSSR count). The molecule has 0 aromatic heterocycles. The van der Waals surface area contributed by atoms with Gasteiger partial charge in [-0.2, -0.15) is 0 Å². The molecular weight excluding hydrogens is 343 g/mol. The van der Waals surface area contributed by atoms with Crippen LogP contribution in [0.25, 0.3) is 0 Å². The molecule has 0 saturated heterocycles. The normalized spacial score (nSPS) is 10.5. The summed E-state index contributed by atoms with van der Waals surface area (Å²) in [6.45, 7) is 2.54. The first kappa shape index (κ1) is 17.6. The first-order valence-electron chi connectivity index (χ1n) is 6.51. The molecule has 1 aromatic carbocycles. The van der Waals surface area contributed by atoms with E-state index in [1.54, 1.807) is 24.9 Å². The highest BCUT2D eigenvalue weighted by molar-refractivity contribution is 9.10. The van der Waals surface area contributed by atoms with E-state index < -0.39 is 5.82 Å². The lowest BCUT2D eigenvalue weighted by Crippen LogP contribution is -2.32. The Morgan fingerprint density at radius 3 is 2.76 bits per heavy atom. The highest BCUT2D eigenvalue weighted by Crippen LogP contribution is 2.19. The predicted molar refractivity (Wildman–Crippen MR) is 81.5 cm³/mol. The van der Waals surface area contributed by atoms with Crippen molar-refractivity contribution in [3.8, 4) is 0 Å². The first-order chi connectivity index (χ1) is 9.92. The molecule has 0 saturated carbocycles. The average molecular weight is 361 g/mol. The number of nitrogens with one attached hydrogen (secondary N) is 1. The maximum absolute atomic E-state index is 13.6. The van der Waals surface area contributed by atoms with Crippen LogP contribution in [-0.4, -0.2) is 43.5 Å². The number of ether oxygens (including phenoxy) is 1. The molecule has 0 aliphatic heterocycles. The second-order valence-corrected chi connectivity index (χ2v) is 5.38. The number of carbonyl (C=O) groups is 2. The topological polar surface area (TPSA) is 58.6 Å². The number of halogens is 2. The summed E-state index contributed by atoms with van der Waals surface area (Å²) in [6.07, 6.45) is 0.213. The molecule has 21 heavy (non-hydrogen) atoms. The number of amides is 1. The molecule has 0 heterocycles. The zero-order chi connectivity index (χ0) is 15.8. The van der Waals surface area contributed by atoms with Crippen LogP contribution in [-0.2, 0) is 14.3 Å². The molecule has 7 heteroatoms. The molecule has 0 aliphatic carbocycles. The van der Waals surface area contributed by atoms with Gasteiger partial charge < -0.3 is 10.1 Å². The van der Waals surface area contributed by atoms with Gasteiger partial charge in [0.1, 0.15) is 5.82 Å². The minimum absolute atomic E-state index is 0.0644. The van der Waals surface area contributed by atoms with Crippen LogP contribution in [0.2, 0.25) is 0 Å². The second kappa shape index (κ2) is 8.74. The lowest BCUT2D eigenvalue weighted by molar-refractivity contribution is -0.143. The van der Waals surface area contributed by atoms with Gasteiger partial charge in [0, 0.05) is 11.0 Å². The maximum atomic E-state index is 13.6. The number of hydrogen-bond donors (Lipinski definition) is 1. The van der Waals surface area contributed by atoms with Gasteiger partial charge in [0.25, 0.3) is 0 Å². The van der Waals surface area contributed by atoms with Gasteiger partial charge in [-0.3, -0.25) is 14.5 Å². The van der Waals surface area contributed by atoms with Crippen molar-refractivity contribution in [3.63, 3.8) is 0 Å². The van der Waals surface area contributed by atoms with E-state index in [-0.39, 0.29) is 30.5 Å². The zero-order valence-electron chi connectivity index (χ0n) is 12.0. The molecule has 0 unspecified atom stereocenters. The lowest BCUT2D eigenvalue weighted by atomic mass is 10.3. The molecule has 0 radical (unpaired) electrons. The van der Waals surface area contributed by atoms with Crippen LogP contribution in [0, 0.1) is 5.82 Å². The van der Waals surface area contributed by atoms with Gasteiger partial charge in [-0.1, -0.05) is 15.9 Å². The van der Waals surface area contributed by atoms with Crippen LogP contribution in [0.15, 0.2) is 22.7 Å². The van der Waals surface area contributed by atoms with Crippen molar-refractivity contribution in [2.45, 2.75) is 13.3 Å². The number of benzene rings is 1. The third-order valence-electron chi connectivity index (χ3n) is 2.62. The van der Waals surface area contributed by atoms with Crippen molar-refractivity contribution >= 4 is 33.5 Å². The maximum Gasteiger partial charge on any atom is 0.307 e. The van der Waals surface area contributed by atoms with Crippen molar-refractivity contribution in [2.24, 2.45) is 0 Å². The Bertz CT molecular complexity index is 511. The third-order valence-corrected chi connectivity index (χ3v) is 3.11. The highest BCUT2D eigenvalue weighted by atomic mass is 79.9. The van der Waals surface area contributed by atoms with Crippen molar-refractivity contribution in [1.29, 1.82) is 0 Å². The lowest BCUT2D eigenvalue weighted by Gasteiger charge is -2.16. The van der Waals surface area contributed by atoms with Gasteiger partial charge in [0.2, 0.25) is 5.91 Å². The van der Waals surface area contributed by atoms with E-state index in [2.05, 4.69) is 21.2 Å². The van der Waals surface area contributed by atoms with Crippen LogP contribution < -0.4 is 5.32 Å². The van der Waals surface area contributed by atoms with E-state index in [9.17, 15) is 14.0 Å². The highest BCUT2D eigenvalue weighted by Gasteiger charge is 2.11. The summed E-state index contributed by atoms with van der Waals surface area (Å²) in [5, 5.41) is 2.49. The SMILES string of the molecule is CCOC(=O)CCN(C)CC(=O)Nc1ccc(Br)cc1F. The van der Waals surface area contributed by atoms with Gasteiger partial charge in [0.15, 0.2) is 0 Å².